The molecule has 6 heteroatoms. The number of rotatable bonds is 3. The number of benzene rings is 1. The summed E-state index contributed by atoms with van der Waals surface area (Å²) in [6, 6.07) is 11.0. The molecule has 3 aromatic rings. The first kappa shape index (κ1) is 13.0. The van der Waals surface area contributed by atoms with E-state index in [2.05, 4.69) is 15.4 Å². The molecule has 0 aliphatic heterocycles. The summed E-state index contributed by atoms with van der Waals surface area (Å²) in [7, 11) is 0. The van der Waals surface area contributed by atoms with Gasteiger partial charge in [-0.15, -0.1) is 0 Å². The molecule has 0 atom stereocenters. The number of anilines is 1. The van der Waals surface area contributed by atoms with E-state index in [4.69, 9.17) is 0 Å². The van der Waals surface area contributed by atoms with Crippen molar-refractivity contribution in [2.75, 3.05) is 5.32 Å². The molecule has 0 aliphatic rings. The van der Waals surface area contributed by atoms with Crippen LogP contribution in [-0.4, -0.2) is 20.7 Å². The predicted octanol–water partition coefficient (Wildman–Crippen LogP) is 2.66. The summed E-state index contributed by atoms with van der Waals surface area (Å²) >= 11 is 0. The van der Waals surface area contributed by atoms with Crippen molar-refractivity contribution in [3.63, 3.8) is 0 Å². The highest BCUT2D eigenvalue weighted by atomic mass is 19.1. The van der Waals surface area contributed by atoms with Gasteiger partial charge in [0.2, 0.25) is 0 Å². The number of hydrogen-bond acceptors (Lipinski definition) is 3. The van der Waals surface area contributed by atoms with Crippen LogP contribution < -0.4 is 5.32 Å². The molecule has 3 rings (SSSR count). The first-order chi connectivity index (χ1) is 10.2. The highest BCUT2D eigenvalue weighted by molar-refractivity contribution is 6.04. The maximum atomic E-state index is 13.5. The Balaban J connectivity index is 1.77. The monoisotopic (exact) mass is 282 g/mol. The Morgan fingerprint density at radius 3 is 2.67 bits per heavy atom. The number of pyridine rings is 1. The second-order valence-electron chi connectivity index (χ2n) is 4.29. The molecule has 2 aromatic heterocycles. The minimum Gasteiger partial charge on any atom is -0.320 e. The zero-order chi connectivity index (χ0) is 14.7. The van der Waals surface area contributed by atoms with E-state index in [0.29, 0.717) is 11.5 Å². The third-order valence-corrected chi connectivity index (χ3v) is 2.86. The summed E-state index contributed by atoms with van der Waals surface area (Å²) in [6.07, 6.45) is 4.91. The fraction of sp³-hybridized carbons (Fsp3) is 0. The normalized spacial score (nSPS) is 10.3. The summed E-state index contributed by atoms with van der Waals surface area (Å²) in [6.45, 7) is 0. The quantitative estimate of drug-likeness (QED) is 0.803. The first-order valence-electron chi connectivity index (χ1n) is 6.26. The van der Waals surface area contributed by atoms with Crippen molar-refractivity contribution in [3.8, 4) is 5.82 Å². The van der Waals surface area contributed by atoms with Gasteiger partial charge in [0.25, 0.3) is 5.91 Å². The van der Waals surface area contributed by atoms with Crippen LogP contribution in [0.3, 0.4) is 0 Å². The molecule has 0 radical (unpaired) electrons. The second kappa shape index (κ2) is 5.54. The molecule has 0 bridgehead atoms. The largest absolute Gasteiger partial charge is 0.320 e. The van der Waals surface area contributed by atoms with Crippen LogP contribution in [0.15, 0.2) is 61.1 Å². The Labute approximate surface area is 120 Å². The molecule has 0 saturated heterocycles. The van der Waals surface area contributed by atoms with Gasteiger partial charge in [0.15, 0.2) is 5.82 Å². The summed E-state index contributed by atoms with van der Waals surface area (Å²) in [5.74, 6) is -0.443. The lowest BCUT2D eigenvalue weighted by atomic mass is 10.2. The number of carbonyl (C=O) groups excluding carboxylic acids is 1. The van der Waals surface area contributed by atoms with Gasteiger partial charge in [0, 0.05) is 12.4 Å². The molecule has 0 unspecified atom stereocenters. The Hall–Kier alpha value is -3.02. The number of carbonyl (C=O) groups is 1. The van der Waals surface area contributed by atoms with Gasteiger partial charge in [0.1, 0.15) is 5.82 Å². The molecular formula is C15H11FN4O. The number of hydrogen-bond donors (Lipinski definition) is 1. The maximum Gasteiger partial charge on any atom is 0.258 e. The molecule has 0 spiro atoms. The Morgan fingerprint density at radius 1 is 1.14 bits per heavy atom. The van der Waals surface area contributed by atoms with E-state index in [0.717, 1.165) is 0 Å². The number of halogens is 1. The molecule has 21 heavy (non-hydrogen) atoms. The van der Waals surface area contributed by atoms with Crippen LogP contribution in [0, 0.1) is 5.82 Å². The van der Waals surface area contributed by atoms with Crippen molar-refractivity contribution in [1.82, 2.24) is 14.8 Å². The van der Waals surface area contributed by atoms with Gasteiger partial charge in [-0.1, -0.05) is 12.1 Å². The summed E-state index contributed by atoms with van der Waals surface area (Å²) in [5, 5.41) is 6.65. The molecule has 1 amide bonds. The standard InChI is InChI=1S/C15H11FN4O/c16-13-5-2-1-4-12(13)15(21)19-11-6-7-14(17-10-11)20-9-3-8-18-20/h1-10H,(H,19,21). The van der Waals surface area contributed by atoms with E-state index in [-0.39, 0.29) is 5.56 Å². The van der Waals surface area contributed by atoms with Crippen molar-refractivity contribution >= 4 is 11.6 Å². The lowest BCUT2D eigenvalue weighted by Gasteiger charge is -2.06. The van der Waals surface area contributed by atoms with Gasteiger partial charge in [-0.25, -0.2) is 14.1 Å². The lowest BCUT2D eigenvalue weighted by molar-refractivity contribution is 0.102. The van der Waals surface area contributed by atoms with Gasteiger partial charge in [-0.2, -0.15) is 5.10 Å². The maximum absolute atomic E-state index is 13.5. The molecule has 0 fully saturated rings. The van der Waals surface area contributed by atoms with Gasteiger partial charge in [0.05, 0.1) is 17.4 Å². The molecule has 104 valence electrons. The summed E-state index contributed by atoms with van der Waals surface area (Å²) < 4.78 is 15.1. The fourth-order valence-electron chi connectivity index (χ4n) is 1.84. The Kier molecular flexibility index (Phi) is 3.42. The third-order valence-electron chi connectivity index (χ3n) is 2.86. The van der Waals surface area contributed by atoms with E-state index in [1.165, 1.54) is 24.4 Å². The van der Waals surface area contributed by atoms with Crippen LogP contribution in [0.25, 0.3) is 5.82 Å². The van der Waals surface area contributed by atoms with Crippen LogP contribution >= 0.6 is 0 Å². The number of nitrogens with one attached hydrogen (secondary N) is 1. The third kappa shape index (κ3) is 2.79. The molecule has 5 nitrogen and oxygen atoms in total. The van der Waals surface area contributed by atoms with E-state index in [9.17, 15) is 9.18 Å². The van der Waals surface area contributed by atoms with E-state index < -0.39 is 11.7 Å². The van der Waals surface area contributed by atoms with Crippen LogP contribution in [0.2, 0.25) is 0 Å². The van der Waals surface area contributed by atoms with E-state index in [1.807, 2.05) is 0 Å². The minimum absolute atomic E-state index is 0.00588. The average molecular weight is 282 g/mol. The smallest absolute Gasteiger partial charge is 0.258 e. The second-order valence-corrected chi connectivity index (χ2v) is 4.29. The van der Waals surface area contributed by atoms with Crippen LogP contribution in [0.1, 0.15) is 10.4 Å². The van der Waals surface area contributed by atoms with Crippen LogP contribution in [-0.2, 0) is 0 Å². The highest BCUT2D eigenvalue weighted by Gasteiger charge is 2.11. The molecule has 0 saturated carbocycles. The van der Waals surface area contributed by atoms with Crippen LogP contribution in [0.4, 0.5) is 10.1 Å². The van der Waals surface area contributed by atoms with Gasteiger partial charge in [-0.05, 0) is 30.3 Å². The summed E-state index contributed by atoms with van der Waals surface area (Å²) in [5.41, 5.74) is 0.479. The van der Waals surface area contributed by atoms with Gasteiger partial charge >= 0.3 is 0 Å². The van der Waals surface area contributed by atoms with E-state index in [1.54, 1.807) is 41.3 Å². The fourth-order valence-corrected chi connectivity index (χ4v) is 1.84. The predicted molar refractivity (Wildman–Crippen MR) is 75.7 cm³/mol. The lowest BCUT2D eigenvalue weighted by Crippen LogP contribution is -2.14. The number of nitrogens with zero attached hydrogens (tertiary/aromatic N) is 3. The SMILES string of the molecule is O=C(Nc1ccc(-n2cccn2)nc1)c1ccccc1F. The number of aromatic nitrogens is 3. The zero-order valence-electron chi connectivity index (χ0n) is 10.9. The zero-order valence-corrected chi connectivity index (χ0v) is 10.9. The number of amides is 1. The Bertz CT molecular complexity index is 754. The minimum atomic E-state index is -0.559. The topological polar surface area (TPSA) is 59.8 Å². The van der Waals surface area contributed by atoms with Crippen LogP contribution in [0.5, 0.6) is 0 Å². The average Bonchev–Trinajstić information content (AvgIpc) is 3.02. The van der Waals surface area contributed by atoms with E-state index >= 15 is 0 Å². The van der Waals surface area contributed by atoms with Crippen molar-refractivity contribution < 1.29 is 9.18 Å². The van der Waals surface area contributed by atoms with Gasteiger partial charge in [-0.3, -0.25) is 4.79 Å². The molecule has 2 heterocycles. The molecular weight excluding hydrogens is 271 g/mol. The van der Waals surface area contributed by atoms with Crippen molar-refractivity contribution in [3.05, 3.63) is 72.4 Å². The van der Waals surface area contributed by atoms with Gasteiger partial charge < -0.3 is 5.32 Å². The summed E-state index contributed by atoms with van der Waals surface area (Å²) in [4.78, 5) is 16.1. The molecule has 1 aromatic carbocycles. The molecule has 1 N–H and O–H groups in total. The highest BCUT2D eigenvalue weighted by Crippen LogP contribution is 2.12. The first-order valence-corrected chi connectivity index (χ1v) is 6.26. The Morgan fingerprint density at radius 2 is 2.00 bits per heavy atom. The van der Waals surface area contributed by atoms with Crippen molar-refractivity contribution in [2.24, 2.45) is 0 Å². The van der Waals surface area contributed by atoms with Crippen molar-refractivity contribution in [1.29, 1.82) is 0 Å². The molecule has 0 aliphatic carbocycles. The van der Waals surface area contributed by atoms with Crippen molar-refractivity contribution in [2.45, 2.75) is 0 Å².